The molecule has 0 atom stereocenters. The highest BCUT2D eigenvalue weighted by Gasteiger charge is 2.31. The number of sulfonamides is 1. The number of hydrogen-bond acceptors (Lipinski definition) is 5. The first-order chi connectivity index (χ1) is 9.26. The minimum Gasteiger partial charge on any atom is -0.326 e. The molecule has 2 rings (SSSR count). The highest BCUT2D eigenvalue weighted by molar-refractivity contribution is 8.00. The summed E-state index contributed by atoms with van der Waals surface area (Å²) in [4.78, 5) is 0.952. The number of nitrogens with two attached hydrogens (primary N) is 1. The van der Waals surface area contributed by atoms with Crippen molar-refractivity contribution in [1.82, 2.24) is 4.31 Å². The Kier molecular flexibility index (Phi) is 4.86. The SMILES string of the molecule is Cc1cc(S(=O)(=O)N2CCSC(C)(C)CC2)sc1CN. The Morgan fingerprint density at radius 3 is 2.70 bits per heavy atom. The van der Waals surface area contributed by atoms with Crippen LogP contribution in [0.2, 0.25) is 0 Å². The van der Waals surface area contributed by atoms with Crippen LogP contribution in [0.3, 0.4) is 0 Å². The Balaban J connectivity index is 2.25. The minimum atomic E-state index is -3.36. The van der Waals surface area contributed by atoms with Crippen LogP contribution in [0.5, 0.6) is 0 Å². The zero-order valence-corrected chi connectivity index (χ0v) is 14.6. The fraction of sp³-hybridized carbons (Fsp3) is 0.692. The summed E-state index contributed by atoms with van der Waals surface area (Å²) in [6.07, 6.45) is 0.880. The van der Waals surface area contributed by atoms with Crippen LogP contribution < -0.4 is 5.73 Å². The van der Waals surface area contributed by atoms with Gasteiger partial charge >= 0.3 is 0 Å². The normalized spacial score (nSPS) is 20.8. The van der Waals surface area contributed by atoms with Crippen molar-refractivity contribution >= 4 is 33.1 Å². The van der Waals surface area contributed by atoms with Gasteiger partial charge in [-0.1, -0.05) is 13.8 Å². The number of nitrogens with zero attached hydrogens (tertiary/aromatic N) is 1. The van der Waals surface area contributed by atoms with Gasteiger partial charge in [-0.3, -0.25) is 0 Å². The Bertz CT molecular complexity index is 578. The standard InChI is InChI=1S/C13H22N2O2S3/c1-10-8-12(19-11(10)9-14)20(16,17)15-5-4-13(2,3)18-7-6-15/h8H,4-7,9,14H2,1-3H3. The summed E-state index contributed by atoms with van der Waals surface area (Å²) < 4.78 is 27.6. The molecule has 2 N–H and O–H groups in total. The number of aryl methyl sites for hydroxylation is 1. The Morgan fingerprint density at radius 1 is 1.40 bits per heavy atom. The highest BCUT2D eigenvalue weighted by Crippen LogP contribution is 2.34. The molecule has 114 valence electrons. The molecule has 1 saturated heterocycles. The van der Waals surface area contributed by atoms with Gasteiger partial charge < -0.3 is 5.73 Å². The Hall–Kier alpha value is -0.0800. The van der Waals surface area contributed by atoms with Gasteiger partial charge in [0.1, 0.15) is 4.21 Å². The van der Waals surface area contributed by atoms with Gasteiger partial charge in [0.05, 0.1) is 0 Å². The van der Waals surface area contributed by atoms with Crippen LogP contribution in [0.25, 0.3) is 0 Å². The second-order valence-corrected chi connectivity index (χ2v) is 10.7. The molecule has 0 radical (unpaired) electrons. The molecule has 1 aliphatic heterocycles. The van der Waals surface area contributed by atoms with Gasteiger partial charge in [-0.2, -0.15) is 16.1 Å². The molecule has 0 aromatic carbocycles. The average Bonchev–Trinajstić information content (AvgIpc) is 2.64. The Morgan fingerprint density at radius 2 is 2.10 bits per heavy atom. The van der Waals surface area contributed by atoms with Gasteiger partial charge in [0.2, 0.25) is 0 Å². The number of thiophene rings is 1. The molecule has 0 amide bonds. The smallest absolute Gasteiger partial charge is 0.252 e. The molecule has 0 bridgehead atoms. The molecule has 0 unspecified atom stereocenters. The van der Waals surface area contributed by atoms with Crippen LogP contribution in [0.1, 0.15) is 30.7 Å². The maximum Gasteiger partial charge on any atom is 0.252 e. The Labute approximate surface area is 129 Å². The van der Waals surface area contributed by atoms with Crippen molar-refractivity contribution in [3.63, 3.8) is 0 Å². The highest BCUT2D eigenvalue weighted by atomic mass is 32.2. The summed E-state index contributed by atoms with van der Waals surface area (Å²) in [6, 6.07) is 1.76. The minimum absolute atomic E-state index is 0.151. The summed E-state index contributed by atoms with van der Waals surface area (Å²) in [5, 5.41) is 0. The lowest BCUT2D eigenvalue weighted by atomic mass is 10.1. The summed E-state index contributed by atoms with van der Waals surface area (Å²) in [5.74, 6) is 0.848. The average molecular weight is 335 g/mol. The second-order valence-electron chi connectivity index (χ2n) is 5.64. The van der Waals surface area contributed by atoms with E-state index < -0.39 is 10.0 Å². The molecule has 2 heterocycles. The molecule has 1 aromatic rings. The van der Waals surface area contributed by atoms with Crippen molar-refractivity contribution in [3.8, 4) is 0 Å². The van der Waals surface area contributed by atoms with Gasteiger partial charge in [0.15, 0.2) is 0 Å². The van der Waals surface area contributed by atoms with E-state index >= 15 is 0 Å². The van der Waals surface area contributed by atoms with Gasteiger partial charge in [-0.25, -0.2) is 8.42 Å². The van der Waals surface area contributed by atoms with Crippen LogP contribution >= 0.6 is 23.1 Å². The van der Waals surface area contributed by atoms with E-state index in [4.69, 9.17) is 5.73 Å². The molecule has 4 nitrogen and oxygen atoms in total. The summed E-state index contributed by atoms with van der Waals surface area (Å²) in [7, 11) is -3.36. The fourth-order valence-corrected chi connectivity index (χ4v) is 6.47. The van der Waals surface area contributed by atoms with Crippen molar-refractivity contribution in [1.29, 1.82) is 0 Å². The third-order valence-electron chi connectivity index (χ3n) is 3.57. The lowest BCUT2D eigenvalue weighted by Crippen LogP contribution is -2.33. The molecule has 0 saturated carbocycles. The summed E-state index contributed by atoms with van der Waals surface area (Å²) in [5.41, 5.74) is 6.62. The van der Waals surface area contributed by atoms with E-state index in [9.17, 15) is 8.42 Å². The molecule has 20 heavy (non-hydrogen) atoms. The van der Waals surface area contributed by atoms with Crippen LogP contribution in [0.4, 0.5) is 0 Å². The van der Waals surface area contributed by atoms with Crippen molar-refractivity contribution in [2.75, 3.05) is 18.8 Å². The van der Waals surface area contributed by atoms with Crippen LogP contribution in [0.15, 0.2) is 10.3 Å². The summed E-state index contributed by atoms with van der Waals surface area (Å²) >= 11 is 3.15. The first kappa shape index (κ1) is 16.3. The fourth-order valence-electron chi connectivity index (χ4n) is 2.19. The molecular formula is C13H22N2O2S3. The van der Waals surface area contributed by atoms with Crippen LogP contribution in [-0.4, -0.2) is 36.3 Å². The van der Waals surface area contributed by atoms with E-state index in [1.54, 1.807) is 10.4 Å². The molecular weight excluding hydrogens is 312 g/mol. The largest absolute Gasteiger partial charge is 0.326 e. The zero-order valence-electron chi connectivity index (χ0n) is 12.2. The van der Waals surface area contributed by atoms with E-state index in [1.807, 2.05) is 18.7 Å². The lowest BCUT2D eigenvalue weighted by Gasteiger charge is -2.22. The second kappa shape index (κ2) is 5.96. The molecule has 1 fully saturated rings. The maximum absolute atomic E-state index is 12.7. The maximum atomic E-state index is 12.7. The van der Waals surface area contributed by atoms with Gasteiger partial charge in [0.25, 0.3) is 10.0 Å². The van der Waals surface area contributed by atoms with Crippen molar-refractivity contribution in [2.45, 2.75) is 42.7 Å². The number of hydrogen-bond donors (Lipinski definition) is 1. The molecule has 1 aliphatic rings. The first-order valence-corrected chi connectivity index (χ1v) is 9.94. The quantitative estimate of drug-likeness (QED) is 0.922. The van der Waals surface area contributed by atoms with E-state index in [1.165, 1.54) is 11.3 Å². The van der Waals surface area contributed by atoms with E-state index in [-0.39, 0.29) is 4.75 Å². The predicted octanol–water partition coefficient (Wildman–Crippen LogP) is 2.42. The third kappa shape index (κ3) is 3.39. The van der Waals surface area contributed by atoms with E-state index in [0.717, 1.165) is 22.6 Å². The number of rotatable bonds is 3. The molecule has 7 heteroatoms. The number of thioether (sulfide) groups is 1. The third-order valence-corrected chi connectivity index (χ3v) is 8.55. The first-order valence-electron chi connectivity index (χ1n) is 6.70. The molecule has 0 aliphatic carbocycles. The zero-order chi connectivity index (χ0) is 15.0. The molecule has 1 aromatic heterocycles. The van der Waals surface area contributed by atoms with Crippen molar-refractivity contribution in [2.24, 2.45) is 5.73 Å². The predicted molar refractivity (Wildman–Crippen MR) is 86.9 cm³/mol. The summed E-state index contributed by atoms with van der Waals surface area (Å²) in [6.45, 7) is 7.85. The van der Waals surface area contributed by atoms with E-state index in [2.05, 4.69) is 13.8 Å². The molecule has 0 spiro atoms. The van der Waals surface area contributed by atoms with Crippen LogP contribution in [-0.2, 0) is 16.6 Å². The van der Waals surface area contributed by atoms with E-state index in [0.29, 0.717) is 23.8 Å². The van der Waals surface area contributed by atoms with Crippen molar-refractivity contribution < 1.29 is 8.42 Å². The van der Waals surface area contributed by atoms with Crippen LogP contribution in [0, 0.1) is 6.92 Å². The van der Waals surface area contributed by atoms with Gasteiger partial charge in [0, 0.05) is 35.0 Å². The topological polar surface area (TPSA) is 63.4 Å². The monoisotopic (exact) mass is 334 g/mol. The van der Waals surface area contributed by atoms with Crippen molar-refractivity contribution in [3.05, 3.63) is 16.5 Å². The van der Waals surface area contributed by atoms with Gasteiger partial charge in [-0.15, -0.1) is 11.3 Å². The van der Waals surface area contributed by atoms with Gasteiger partial charge in [-0.05, 0) is 25.0 Å². The lowest BCUT2D eigenvalue weighted by molar-refractivity contribution is 0.416.